The number of aliphatic hydroxyl groups is 1. The Balaban J connectivity index is 2.34. The summed E-state index contributed by atoms with van der Waals surface area (Å²) in [4.78, 5) is 22.1. The van der Waals surface area contributed by atoms with Crippen molar-refractivity contribution in [3.05, 3.63) is 0 Å². The van der Waals surface area contributed by atoms with E-state index in [1.54, 1.807) is 0 Å². The molecule has 2 atom stereocenters. The second-order valence-corrected chi connectivity index (χ2v) is 4.36. The summed E-state index contributed by atoms with van der Waals surface area (Å²) in [5.41, 5.74) is 0. The maximum atomic E-state index is 11.5. The van der Waals surface area contributed by atoms with E-state index in [1.807, 2.05) is 0 Å². The van der Waals surface area contributed by atoms with Crippen LogP contribution in [0, 0.1) is 11.8 Å². The van der Waals surface area contributed by atoms with Crippen LogP contribution in [0.15, 0.2) is 0 Å². The molecule has 0 bridgehead atoms. The SMILES string of the molecule is O=C(COC1C#CCCCCC1)N[C@@H](CO)C(=O)O. The molecule has 0 spiro atoms. The molecule has 0 heterocycles. The molecule has 1 unspecified atom stereocenters. The minimum Gasteiger partial charge on any atom is -0.480 e. The van der Waals surface area contributed by atoms with E-state index in [1.165, 1.54) is 0 Å². The molecule has 106 valence electrons. The summed E-state index contributed by atoms with van der Waals surface area (Å²) in [5.74, 6) is 4.10. The predicted octanol–water partition coefficient (Wildman–Crippen LogP) is -0.0992. The van der Waals surface area contributed by atoms with Crippen LogP contribution in [0.1, 0.15) is 32.1 Å². The molecule has 0 radical (unpaired) electrons. The Bertz CT molecular complexity index is 371. The van der Waals surface area contributed by atoms with Crippen molar-refractivity contribution < 1.29 is 24.5 Å². The van der Waals surface area contributed by atoms with E-state index in [4.69, 9.17) is 14.9 Å². The highest BCUT2D eigenvalue weighted by atomic mass is 16.5. The van der Waals surface area contributed by atoms with Gasteiger partial charge in [-0.3, -0.25) is 4.79 Å². The lowest BCUT2D eigenvalue weighted by atomic mass is 10.1. The highest BCUT2D eigenvalue weighted by Crippen LogP contribution is 2.10. The summed E-state index contributed by atoms with van der Waals surface area (Å²) in [6, 6.07) is -1.29. The first-order valence-electron chi connectivity index (χ1n) is 6.36. The first-order chi connectivity index (χ1) is 9.13. The lowest BCUT2D eigenvalue weighted by Gasteiger charge is -2.15. The van der Waals surface area contributed by atoms with Crippen molar-refractivity contribution in [1.82, 2.24) is 5.32 Å². The van der Waals surface area contributed by atoms with Crippen molar-refractivity contribution in [2.45, 2.75) is 44.2 Å². The molecule has 0 fully saturated rings. The number of rotatable bonds is 6. The zero-order chi connectivity index (χ0) is 14.1. The van der Waals surface area contributed by atoms with Crippen LogP contribution >= 0.6 is 0 Å². The summed E-state index contributed by atoms with van der Waals surface area (Å²) in [7, 11) is 0. The molecule has 0 aromatic heterocycles. The highest BCUT2D eigenvalue weighted by Gasteiger charge is 2.19. The van der Waals surface area contributed by atoms with Gasteiger partial charge in [0, 0.05) is 6.42 Å². The van der Waals surface area contributed by atoms with Crippen molar-refractivity contribution in [2.75, 3.05) is 13.2 Å². The van der Waals surface area contributed by atoms with Crippen LogP contribution < -0.4 is 5.32 Å². The average Bonchev–Trinajstić information content (AvgIpc) is 2.34. The van der Waals surface area contributed by atoms with Crippen molar-refractivity contribution in [2.24, 2.45) is 0 Å². The number of ether oxygens (including phenoxy) is 1. The van der Waals surface area contributed by atoms with Gasteiger partial charge in [-0.25, -0.2) is 4.79 Å². The number of hydrogen-bond donors (Lipinski definition) is 3. The molecule has 19 heavy (non-hydrogen) atoms. The summed E-state index contributed by atoms with van der Waals surface area (Å²) in [5, 5.41) is 19.6. The van der Waals surface area contributed by atoms with Crippen LogP contribution in [0.3, 0.4) is 0 Å². The largest absolute Gasteiger partial charge is 0.480 e. The topological polar surface area (TPSA) is 95.9 Å². The van der Waals surface area contributed by atoms with Gasteiger partial charge in [0.05, 0.1) is 6.61 Å². The second-order valence-electron chi connectivity index (χ2n) is 4.36. The highest BCUT2D eigenvalue weighted by molar-refractivity contribution is 5.84. The summed E-state index contributed by atoms with van der Waals surface area (Å²) in [6.45, 7) is -0.895. The monoisotopic (exact) mass is 269 g/mol. The van der Waals surface area contributed by atoms with Gasteiger partial charge in [0.15, 0.2) is 0 Å². The summed E-state index contributed by atoms with van der Waals surface area (Å²) >= 11 is 0. The van der Waals surface area contributed by atoms with Gasteiger partial charge >= 0.3 is 5.97 Å². The Morgan fingerprint density at radius 2 is 2.16 bits per heavy atom. The second kappa shape index (κ2) is 8.51. The third-order valence-corrected chi connectivity index (χ3v) is 2.76. The number of hydrogen-bond acceptors (Lipinski definition) is 4. The molecule has 1 amide bonds. The van der Waals surface area contributed by atoms with E-state index in [9.17, 15) is 9.59 Å². The molecule has 1 rings (SSSR count). The third-order valence-electron chi connectivity index (χ3n) is 2.76. The van der Waals surface area contributed by atoms with Gasteiger partial charge in [0.1, 0.15) is 18.8 Å². The van der Waals surface area contributed by atoms with Gasteiger partial charge < -0.3 is 20.3 Å². The number of nitrogens with one attached hydrogen (secondary N) is 1. The van der Waals surface area contributed by atoms with Crippen molar-refractivity contribution in [3.63, 3.8) is 0 Å². The van der Waals surface area contributed by atoms with Crippen LogP contribution in [0.4, 0.5) is 0 Å². The molecule has 0 aliphatic heterocycles. The number of aliphatic hydroxyl groups excluding tert-OH is 1. The summed E-state index contributed by atoms with van der Waals surface area (Å²) < 4.78 is 5.35. The third kappa shape index (κ3) is 6.22. The van der Waals surface area contributed by atoms with Gasteiger partial charge in [-0.2, -0.15) is 0 Å². The molecule has 6 heteroatoms. The van der Waals surface area contributed by atoms with Crippen LogP contribution in [0.5, 0.6) is 0 Å². The zero-order valence-corrected chi connectivity index (χ0v) is 10.7. The first-order valence-corrected chi connectivity index (χ1v) is 6.36. The van der Waals surface area contributed by atoms with E-state index < -0.39 is 24.5 Å². The molecule has 3 N–H and O–H groups in total. The Hall–Kier alpha value is -1.58. The van der Waals surface area contributed by atoms with Crippen molar-refractivity contribution in [1.29, 1.82) is 0 Å². The fraction of sp³-hybridized carbons (Fsp3) is 0.692. The number of carboxylic acid groups (broad SMARTS) is 1. The minimum absolute atomic E-state index is 0.247. The van der Waals surface area contributed by atoms with E-state index in [0.29, 0.717) is 0 Å². The molecule has 6 nitrogen and oxygen atoms in total. The summed E-state index contributed by atoms with van der Waals surface area (Å²) in [6.07, 6.45) is 4.56. The van der Waals surface area contributed by atoms with Gasteiger partial charge in [-0.1, -0.05) is 12.3 Å². The van der Waals surface area contributed by atoms with Crippen LogP contribution in [0.25, 0.3) is 0 Å². The average molecular weight is 269 g/mol. The van der Waals surface area contributed by atoms with Gasteiger partial charge in [-0.15, -0.1) is 5.92 Å². The number of amides is 1. The van der Waals surface area contributed by atoms with Crippen LogP contribution in [-0.4, -0.2) is 47.4 Å². The molecular formula is C13H19NO5. The van der Waals surface area contributed by atoms with Crippen LogP contribution in [-0.2, 0) is 14.3 Å². The smallest absolute Gasteiger partial charge is 0.328 e. The van der Waals surface area contributed by atoms with E-state index in [-0.39, 0.29) is 12.7 Å². The molecule has 0 saturated carbocycles. The van der Waals surface area contributed by atoms with Crippen molar-refractivity contribution in [3.8, 4) is 11.8 Å². The van der Waals surface area contributed by atoms with E-state index >= 15 is 0 Å². The lowest BCUT2D eigenvalue weighted by molar-refractivity contribution is -0.143. The Morgan fingerprint density at radius 1 is 1.37 bits per heavy atom. The maximum Gasteiger partial charge on any atom is 0.328 e. The fourth-order valence-electron chi connectivity index (χ4n) is 1.70. The zero-order valence-electron chi connectivity index (χ0n) is 10.7. The van der Waals surface area contributed by atoms with Crippen molar-refractivity contribution >= 4 is 11.9 Å². The van der Waals surface area contributed by atoms with Crippen LogP contribution in [0.2, 0.25) is 0 Å². The Labute approximate surface area is 112 Å². The standard InChI is InChI=1S/C13H19NO5/c15-8-11(13(17)18)14-12(16)9-19-10-6-4-2-1-3-5-7-10/h10-11,15H,1-4,6,8-9H2,(H,14,16)(H,17,18)/t10?,11-/m0/s1. The molecule has 1 aliphatic carbocycles. The number of aliphatic carboxylic acids is 1. The maximum absolute atomic E-state index is 11.5. The predicted molar refractivity (Wildman–Crippen MR) is 67.3 cm³/mol. The molecule has 0 saturated heterocycles. The lowest BCUT2D eigenvalue weighted by Crippen LogP contribution is -2.45. The molecule has 0 aromatic rings. The van der Waals surface area contributed by atoms with E-state index in [0.717, 1.165) is 32.1 Å². The first kappa shape index (κ1) is 15.5. The number of carbonyl (C=O) groups is 2. The fourth-order valence-corrected chi connectivity index (χ4v) is 1.70. The normalized spacial score (nSPS) is 20.4. The van der Waals surface area contributed by atoms with Gasteiger partial charge in [0.2, 0.25) is 5.91 Å². The number of carboxylic acids is 1. The Kier molecular flexibility index (Phi) is 6.93. The quantitative estimate of drug-likeness (QED) is 0.585. The van der Waals surface area contributed by atoms with Gasteiger partial charge in [0.25, 0.3) is 0 Å². The molecular weight excluding hydrogens is 250 g/mol. The van der Waals surface area contributed by atoms with Gasteiger partial charge in [-0.05, 0) is 19.3 Å². The Morgan fingerprint density at radius 3 is 2.84 bits per heavy atom. The molecule has 1 aliphatic rings. The van der Waals surface area contributed by atoms with E-state index in [2.05, 4.69) is 17.2 Å². The minimum atomic E-state index is -1.29. The molecule has 0 aromatic carbocycles. The number of carbonyl (C=O) groups excluding carboxylic acids is 1.